The number of primary sulfonamides is 1. The highest BCUT2D eigenvalue weighted by Crippen LogP contribution is 2.38. The standard InChI is InChI=1S/C11H16ClN3O3S2/c12-8-5-9-10(6-11(8)20(13,17)18)19-15(7-14-9)3-1-2-4-16/h5-6,14,16H,1-4,7H2,(H2,13,17,18). The topological polar surface area (TPSA) is 95.7 Å². The first-order valence-electron chi connectivity index (χ1n) is 6.06. The number of fused-ring (bicyclic) bond motifs is 1. The molecular weight excluding hydrogens is 322 g/mol. The molecule has 0 amide bonds. The van der Waals surface area contributed by atoms with Gasteiger partial charge in [0.05, 0.1) is 17.4 Å². The number of nitrogens with two attached hydrogens (primary N) is 1. The maximum Gasteiger partial charge on any atom is 0.239 e. The Kier molecular flexibility index (Phi) is 5.16. The smallest absolute Gasteiger partial charge is 0.239 e. The van der Waals surface area contributed by atoms with Crippen LogP contribution in [0.15, 0.2) is 21.9 Å². The molecule has 4 N–H and O–H groups in total. The fourth-order valence-electron chi connectivity index (χ4n) is 1.84. The maximum absolute atomic E-state index is 11.5. The number of aliphatic hydroxyl groups excluding tert-OH is 1. The minimum atomic E-state index is -3.83. The van der Waals surface area contributed by atoms with Gasteiger partial charge in [-0.3, -0.25) is 0 Å². The molecule has 0 spiro atoms. The van der Waals surface area contributed by atoms with Crippen molar-refractivity contribution < 1.29 is 13.5 Å². The van der Waals surface area contributed by atoms with E-state index in [1.165, 1.54) is 18.0 Å². The van der Waals surface area contributed by atoms with E-state index in [0.717, 1.165) is 30.0 Å². The number of unbranched alkanes of at least 4 members (excludes halogenated alkanes) is 1. The molecule has 0 unspecified atom stereocenters. The van der Waals surface area contributed by atoms with Gasteiger partial charge in [-0.15, -0.1) is 0 Å². The molecule has 0 bridgehead atoms. The summed E-state index contributed by atoms with van der Waals surface area (Å²) >= 11 is 7.39. The first-order valence-corrected chi connectivity index (χ1v) is 8.75. The highest BCUT2D eigenvalue weighted by Gasteiger charge is 2.22. The van der Waals surface area contributed by atoms with Crippen LogP contribution >= 0.6 is 23.5 Å². The second-order valence-electron chi connectivity index (χ2n) is 4.39. The van der Waals surface area contributed by atoms with Crippen LogP contribution in [0.1, 0.15) is 12.8 Å². The molecule has 1 aliphatic rings. The molecule has 20 heavy (non-hydrogen) atoms. The molecule has 0 aliphatic carbocycles. The first kappa shape index (κ1) is 15.9. The van der Waals surface area contributed by atoms with Crippen LogP contribution in [0, 0.1) is 0 Å². The number of benzene rings is 1. The number of aliphatic hydroxyl groups is 1. The van der Waals surface area contributed by atoms with Gasteiger partial charge in [0.15, 0.2) is 0 Å². The minimum absolute atomic E-state index is 0.0653. The molecule has 112 valence electrons. The number of nitrogens with zero attached hydrogens (tertiary/aromatic N) is 1. The molecule has 1 heterocycles. The zero-order chi connectivity index (χ0) is 14.8. The number of hydrogen-bond donors (Lipinski definition) is 3. The van der Waals surface area contributed by atoms with Crippen molar-refractivity contribution >= 4 is 39.3 Å². The number of hydrogen-bond acceptors (Lipinski definition) is 6. The number of rotatable bonds is 5. The van der Waals surface area contributed by atoms with Gasteiger partial charge in [0.2, 0.25) is 10.0 Å². The fourth-order valence-corrected chi connectivity index (χ4v) is 4.04. The number of nitrogens with one attached hydrogen (secondary N) is 1. The Morgan fingerprint density at radius 1 is 1.45 bits per heavy atom. The van der Waals surface area contributed by atoms with Gasteiger partial charge >= 0.3 is 0 Å². The van der Waals surface area contributed by atoms with E-state index in [0.29, 0.717) is 6.67 Å². The molecule has 0 saturated carbocycles. The monoisotopic (exact) mass is 337 g/mol. The summed E-state index contributed by atoms with van der Waals surface area (Å²) in [7, 11) is -3.83. The Morgan fingerprint density at radius 3 is 2.85 bits per heavy atom. The summed E-state index contributed by atoms with van der Waals surface area (Å²) in [5, 5.41) is 17.2. The molecule has 0 aromatic heterocycles. The van der Waals surface area contributed by atoms with E-state index in [1.807, 2.05) is 0 Å². The van der Waals surface area contributed by atoms with Crippen molar-refractivity contribution in [2.45, 2.75) is 22.6 Å². The van der Waals surface area contributed by atoms with Gasteiger partial charge in [0.25, 0.3) is 0 Å². The van der Waals surface area contributed by atoms with Crippen LogP contribution in [0.2, 0.25) is 5.02 Å². The van der Waals surface area contributed by atoms with Crippen LogP contribution in [0.5, 0.6) is 0 Å². The predicted octanol–water partition coefficient (Wildman–Crippen LogP) is 1.45. The van der Waals surface area contributed by atoms with E-state index in [9.17, 15) is 8.42 Å². The lowest BCUT2D eigenvalue weighted by atomic mass is 10.3. The van der Waals surface area contributed by atoms with Gasteiger partial charge in [-0.2, -0.15) is 0 Å². The van der Waals surface area contributed by atoms with Gasteiger partial charge in [0.1, 0.15) is 4.90 Å². The molecule has 0 atom stereocenters. The molecule has 0 fully saturated rings. The third-order valence-electron chi connectivity index (χ3n) is 2.83. The van der Waals surface area contributed by atoms with Gasteiger partial charge < -0.3 is 10.4 Å². The van der Waals surface area contributed by atoms with Crippen molar-refractivity contribution in [2.75, 3.05) is 25.1 Å². The summed E-state index contributed by atoms with van der Waals surface area (Å²) in [5.74, 6) is 0. The second-order valence-corrected chi connectivity index (χ2v) is 7.46. The summed E-state index contributed by atoms with van der Waals surface area (Å²) in [5.41, 5.74) is 0.797. The van der Waals surface area contributed by atoms with E-state index in [4.69, 9.17) is 21.8 Å². The van der Waals surface area contributed by atoms with E-state index in [2.05, 4.69) is 9.62 Å². The average molecular weight is 338 g/mol. The quantitative estimate of drug-likeness (QED) is 0.556. The van der Waals surface area contributed by atoms with Crippen LogP contribution in [-0.4, -0.2) is 37.6 Å². The summed E-state index contributed by atoms with van der Waals surface area (Å²) in [6.45, 7) is 1.60. The normalized spacial score (nSPS) is 15.8. The SMILES string of the molecule is NS(=O)(=O)c1cc2c(cc1Cl)NCN(CCCCO)S2. The zero-order valence-electron chi connectivity index (χ0n) is 10.7. The van der Waals surface area contributed by atoms with Crippen LogP contribution in [0.25, 0.3) is 0 Å². The summed E-state index contributed by atoms with van der Waals surface area (Å²) < 4.78 is 25.0. The fraction of sp³-hybridized carbons (Fsp3) is 0.455. The minimum Gasteiger partial charge on any atom is -0.396 e. The molecule has 1 aromatic rings. The Labute approximate surface area is 127 Å². The molecule has 0 radical (unpaired) electrons. The average Bonchev–Trinajstić information content (AvgIpc) is 2.37. The molecule has 0 saturated heterocycles. The Balaban J connectivity index is 2.18. The predicted molar refractivity (Wildman–Crippen MR) is 80.2 cm³/mol. The van der Waals surface area contributed by atoms with Gasteiger partial charge in [-0.1, -0.05) is 11.6 Å². The van der Waals surface area contributed by atoms with Crippen molar-refractivity contribution in [3.05, 3.63) is 17.2 Å². The highest BCUT2D eigenvalue weighted by atomic mass is 35.5. The second kappa shape index (κ2) is 6.50. The lowest BCUT2D eigenvalue weighted by molar-refractivity contribution is 0.279. The Hall–Kier alpha value is -0.510. The van der Waals surface area contributed by atoms with Crippen LogP contribution < -0.4 is 10.5 Å². The lowest BCUT2D eigenvalue weighted by Crippen LogP contribution is -2.28. The van der Waals surface area contributed by atoms with Gasteiger partial charge in [0, 0.05) is 18.0 Å². The molecule has 9 heteroatoms. The Bertz CT molecular complexity index is 595. The van der Waals surface area contributed by atoms with Crippen LogP contribution in [0.3, 0.4) is 0 Å². The molecule has 1 aromatic carbocycles. The van der Waals surface area contributed by atoms with Crippen molar-refractivity contribution in [3.8, 4) is 0 Å². The number of anilines is 1. The van der Waals surface area contributed by atoms with E-state index >= 15 is 0 Å². The number of sulfonamides is 1. The maximum atomic E-state index is 11.5. The van der Waals surface area contributed by atoms with E-state index < -0.39 is 10.0 Å². The highest BCUT2D eigenvalue weighted by molar-refractivity contribution is 7.97. The molecule has 2 rings (SSSR count). The Morgan fingerprint density at radius 2 is 2.20 bits per heavy atom. The zero-order valence-corrected chi connectivity index (χ0v) is 13.1. The number of halogens is 1. The van der Waals surface area contributed by atoms with E-state index in [-0.39, 0.29) is 16.5 Å². The molecule has 6 nitrogen and oxygen atoms in total. The van der Waals surface area contributed by atoms with Crippen LogP contribution in [0.4, 0.5) is 5.69 Å². The first-order chi connectivity index (χ1) is 9.41. The van der Waals surface area contributed by atoms with Crippen molar-refractivity contribution in [2.24, 2.45) is 5.14 Å². The lowest BCUT2D eigenvalue weighted by Gasteiger charge is -2.29. The largest absolute Gasteiger partial charge is 0.396 e. The van der Waals surface area contributed by atoms with Gasteiger partial charge in [-0.25, -0.2) is 17.9 Å². The van der Waals surface area contributed by atoms with E-state index in [1.54, 1.807) is 6.07 Å². The summed E-state index contributed by atoms with van der Waals surface area (Å²) in [6, 6.07) is 3.07. The third kappa shape index (κ3) is 3.78. The van der Waals surface area contributed by atoms with Gasteiger partial charge in [-0.05, 0) is 36.9 Å². The molecule has 1 aliphatic heterocycles. The third-order valence-corrected chi connectivity index (χ3v) is 5.31. The van der Waals surface area contributed by atoms with Crippen LogP contribution in [-0.2, 0) is 10.0 Å². The molecular formula is C11H16ClN3O3S2. The van der Waals surface area contributed by atoms with Crippen molar-refractivity contribution in [1.29, 1.82) is 0 Å². The summed E-state index contributed by atoms with van der Waals surface area (Å²) in [6.07, 6.45) is 1.61. The summed E-state index contributed by atoms with van der Waals surface area (Å²) in [4.78, 5) is 0.707. The van der Waals surface area contributed by atoms with Crippen molar-refractivity contribution in [3.63, 3.8) is 0 Å². The van der Waals surface area contributed by atoms with Crippen molar-refractivity contribution in [1.82, 2.24) is 4.31 Å².